The maximum atomic E-state index is 11.1. The van der Waals surface area contributed by atoms with E-state index >= 15 is 0 Å². The number of aromatic nitrogens is 2. The van der Waals surface area contributed by atoms with E-state index in [0.717, 1.165) is 0 Å². The normalized spacial score (nSPS) is 11.0. The van der Waals surface area contributed by atoms with Crippen LogP contribution in [0.3, 0.4) is 0 Å². The first-order valence-electron chi connectivity index (χ1n) is 6.09. The summed E-state index contributed by atoms with van der Waals surface area (Å²) in [4.78, 5) is 18.0. The SMILES string of the molecule is C[Si](C)(C)C#Cc1cc2nc(O)c(O)nc2cc1[N+](=O)[O-]. The zero-order valence-corrected chi connectivity index (χ0v) is 12.7. The van der Waals surface area contributed by atoms with Gasteiger partial charge < -0.3 is 10.2 Å². The van der Waals surface area contributed by atoms with Crippen LogP contribution in [0, 0.1) is 21.6 Å². The molecule has 0 atom stereocenters. The summed E-state index contributed by atoms with van der Waals surface area (Å²) in [6.45, 7) is 6.07. The molecule has 1 aromatic carbocycles. The smallest absolute Gasteiger partial charge is 0.287 e. The highest BCUT2D eigenvalue weighted by atomic mass is 28.3. The molecule has 8 heteroatoms. The van der Waals surface area contributed by atoms with Gasteiger partial charge in [0.1, 0.15) is 13.6 Å². The second-order valence-corrected chi connectivity index (χ2v) is 10.2. The van der Waals surface area contributed by atoms with E-state index in [1.54, 1.807) is 0 Å². The largest absolute Gasteiger partial charge is 0.489 e. The molecule has 0 spiro atoms. The van der Waals surface area contributed by atoms with Crippen LogP contribution in [0.2, 0.25) is 19.6 Å². The van der Waals surface area contributed by atoms with Gasteiger partial charge in [0.15, 0.2) is 0 Å². The lowest BCUT2D eigenvalue weighted by Gasteiger charge is -2.04. The Balaban J connectivity index is 2.73. The summed E-state index contributed by atoms with van der Waals surface area (Å²) in [5.41, 5.74) is 3.42. The molecule has 0 bridgehead atoms. The summed E-state index contributed by atoms with van der Waals surface area (Å²) in [6.07, 6.45) is 0. The van der Waals surface area contributed by atoms with Gasteiger partial charge in [0.2, 0.25) is 0 Å². The van der Waals surface area contributed by atoms with Crippen molar-refractivity contribution in [3.05, 3.63) is 27.8 Å². The average Bonchev–Trinajstić information content (AvgIpc) is 2.36. The number of hydrogen-bond acceptors (Lipinski definition) is 6. The highest BCUT2D eigenvalue weighted by Crippen LogP contribution is 2.28. The summed E-state index contributed by atoms with van der Waals surface area (Å²) in [5.74, 6) is 1.53. The van der Waals surface area contributed by atoms with Crippen LogP contribution in [0.25, 0.3) is 11.0 Å². The minimum absolute atomic E-state index is 0.121. The molecule has 0 aliphatic rings. The lowest BCUT2D eigenvalue weighted by Crippen LogP contribution is -2.16. The quantitative estimate of drug-likeness (QED) is 0.361. The van der Waals surface area contributed by atoms with Gasteiger partial charge in [0.05, 0.1) is 16.0 Å². The second-order valence-electron chi connectivity index (χ2n) is 5.49. The topological polar surface area (TPSA) is 109 Å². The van der Waals surface area contributed by atoms with Gasteiger partial charge >= 0.3 is 0 Å². The molecule has 2 N–H and O–H groups in total. The van der Waals surface area contributed by atoms with Crippen molar-refractivity contribution in [1.82, 2.24) is 9.97 Å². The number of rotatable bonds is 1. The van der Waals surface area contributed by atoms with Gasteiger partial charge in [-0.2, -0.15) is 0 Å². The van der Waals surface area contributed by atoms with Crippen LogP contribution in [0.4, 0.5) is 5.69 Å². The van der Waals surface area contributed by atoms with Gasteiger partial charge in [0, 0.05) is 6.07 Å². The van der Waals surface area contributed by atoms with Crippen molar-refractivity contribution in [3.8, 4) is 23.2 Å². The minimum Gasteiger partial charge on any atom is -0.489 e. The highest BCUT2D eigenvalue weighted by Gasteiger charge is 2.17. The molecule has 0 amide bonds. The molecule has 108 valence electrons. The zero-order chi connectivity index (χ0) is 15.8. The van der Waals surface area contributed by atoms with Gasteiger partial charge in [-0.25, -0.2) is 9.97 Å². The van der Waals surface area contributed by atoms with Gasteiger partial charge in [0.25, 0.3) is 17.4 Å². The van der Waals surface area contributed by atoms with E-state index < -0.39 is 24.8 Å². The van der Waals surface area contributed by atoms with E-state index in [2.05, 4.69) is 21.4 Å². The number of benzene rings is 1. The number of aromatic hydroxyl groups is 2. The van der Waals surface area contributed by atoms with Crippen LogP contribution in [0.5, 0.6) is 11.8 Å². The molecule has 0 aliphatic heterocycles. The lowest BCUT2D eigenvalue weighted by atomic mass is 10.1. The number of nitrogens with zero attached hydrogens (tertiary/aromatic N) is 3. The van der Waals surface area contributed by atoms with Crippen LogP contribution in [0.1, 0.15) is 5.56 Å². The number of hydrogen-bond donors (Lipinski definition) is 2. The van der Waals surface area contributed by atoms with Gasteiger partial charge in [-0.15, -0.1) is 5.54 Å². The Hall–Kier alpha value is -2.66. The fourth-order valence-electron chi connectivity index (χ4n) is 1.58. The first kappa shape index (κ1) is 14.7. The molecule has 2 aromatic rings. The predicted octanol–water partition coefficient (Wildman–Crippen LogP) is 2.18. The van der Waals surface area contributed by atoms with Gasteiger partial charge in [-0.3, -0.25) is 10.1 Å². The van der Waals surface area contributed by atoms with Crippen LogP contribution < -0.4 is 0 Å². The molecule has 7 nitrogen and oxygen atoms in total. The Labute approximate surface area is 121 Å². The maximum absolute atomic E-state index is 11.1. The van der Waals surface area contributed by atoms with E-state index in [1.165, 1.54) is 12.1 Å². The average molecular weight is 303 g/mol. The fraction of sp³-hybridized carbons (Fsp3) is 0.231. The molecule has 0 unspecified atom stereocenters. The van der Waals surface area contributed by atoms with E-state index in [9.17, 15) is 20.3 Å². The molecule has 1 heterocycles. The maximum Gasteiger partial charge on any atom is 0.287 e. The molecule has 1 aromatic heterocycles. The predicted molar refractivity (Wildman–Crippen MR) is 79.7 cm³/mol. The zero-order valence-electron chi connectivity index (χ0n) is 11.7. The summed E-state index contributed by atoms with van der Waals surface area (Å²) in [5, 5.41) is 29.8. The summed E-state index contributed by atoms with van der Waals surface area (Å²) < 4.78 is 0. The number of nitro groups is 1. The Morgan fingerprint density at radius 1 is 1.14 bits per heavy atom. The fourth-order valence-corrected chi connectivity index (χ4v) is 2.09. The van der Waals surface area contributed by atoms with Crippen molar-refractivity contribution in [3.63, 3.8) is 0 Å². The molecule has 0 aliphatic carbocycles. The standard InChI is InChI=1S/C13H13N3O4Si/c1-21(2,3)5-4-8-6-9-10(7-11(8)16(19)20)15-13(18)12(17)14-9/h6-7H,1-3H3,(H,14,17)(H,15,18). The molecule has 2 rings (SSSR count). The molecule has 0 fully saturated rings. The Morgan fingerprint density at radius 2 is 1.67 bits per heavy atom. The van der Waals surface area contributed by atoms with Crippen LogP contribution in [-0.4, -0.2) is 33.2 Å². The number of fused-ring (bicyclic) bond motifs is 1. The van der Waals surface area contributed by atoms with Gasteiger partial charge in [-0.1, -0.05) is 25.6 Å². The lowest BCUT2D eigenvalue weighted by molar-refractivity contribution is -0.385. The van der Waals surface area contributed by atoms with Crippen LogP contribution >= 0.6 is 0 Å². The van der Waals surface area contributed by atoms with Crippen molar-refractivity contribution in [2.75, 3.05) is 0 Å². The van der Waals surface area contributed by atoms with E-state index in [1.807, 2.05) is 19.6 Å². The Morgan fingerprint density at radius 3 is 2.14 bits per heavy atom. The van der Waals surface area contributed by atoms with Crippen molar-refractivity contribution < 1.29 is 15.1 Å². The van der Waals surface area contributed by atoms with Crippen molar-refractivity contribution >= 4 is 24.8 Å². The van der Waals surface area contributed by atoms with Crippen molar-refractivity contribution in [2.45, 2.75) is 19.6 Å². The molecule has 0 saturated carbocycles. The molecule has 0 saturated heterocycles. The summed E-state index contributed by atoms with van der Waals surface area (Å²) in [7, 11) is -1.69. The van der Waals surface area contributed by atoms with E-state index in [4.69, 9.17) is 0 Å². The minimum atomic E-state index is -1.69. The molecular formula is C13H13N3O4Si. The highest BCUT2D eigenvalue weighted by molar-refractivity contribution is 6.83. The Kier molecular flexibility index (Phi) is 3.53. The molecule has 21 heavy (non-hydrogen) atoms. The van der Waals surface area contributed by atoms with Gasteiger partial charge in [-0.05, 0) is 6.07 Å². The third-order valence-electron chi connectivity index (χ3n) is 2.51. The third-order valence-corrected chi connectivity index (χ3v) is 3.39. The monoisotopic (exact) mass is 303 g/mol. The van der Waals surface area contributed by atoms with Crippen molar-refractivity contribution in [2.24, 2.45) is 0 Å². The second kappa shape index (κ2) is 5.03. The third kappa shape index (κ3) is 3.27. The molecule has 0 radical (unpaired) electrons. The molecular weight excluding hydrogens is 290 g/mol. The first-order chi connectivity index (χ1) is 9.67. The first-order valence-corrected chi connectivity index (χ1v) is 9.59. The van der Waals surface area contributed by atoms with E-state index in [0.29, 0.717) is 0 Å². The van der Waals surface area contributed by atoms with Crippen LogP contribution in [-0.2, 0) is 0 Å². The van der Waals surface area contributed by atoms with E-state index in [-0.39, 0.29) is 22.3 Å². The van der Waals surface area contributed by atoms with Crippen molar-refractivity contribution in [1.29, 1.82) is 0 Å². The summed E-state index contributed by atoms with van der Waals surface area (Å²) in [6, 6.07) is 2.59. The van der Waals surface area contributed by atoms with Crippen LogP contribution in [0.15, 0.2) is 12.1 Å². The summed E-state index contributed by atoms with van der Waals surface area (Å²) >= 11 is 0. The number of nitro benzene ring substituents is 1. The Bertz CT molecular complexity index is 803.